The quantitative estimate of drug-likeness (QED) is 0.0901. The summed E-state index contributed by atoms with van der Waals surface area (Å²) in [6, 6.07) is 3.25. The van der Waals surface area contributed by atoms with Crippen LogP contribution in [-0.2, 0) is 21.0 Å². The van der Waals surface area contributed by atoms with E-state index in [-0.39, 0.29) is 36.1 Å². The lowest BCUT2D eigenvalue weighted by Gasteiger charge is -2.49. The molecule has 1 amide bonds. The highest BCUT2D eigenvalue weighted by atomic mass is 17.2. The van der Waals surface area contributed by atoms with Crippen molar-refractivity contribution in [3.05, 3.63) is 80.8 Å². The lowest BCUT2D eigenvalue weighted by Crippen LogP contribution is -3.11. The molecular weight excluding hydrogens is 738 g/mol. The highest BCUT2D eigenvalue weighted by Gasteiger charge is 2.54. The number of nitrogens with zero attached hydrogens (tertiary/aromatic N) is 2. The Morgan fingerprint density at radius 2 is 1.93 bits per heavy atom. The second-order valence-electron chi connectivity index (χ2n) is 16.5. The van der Waals surface area contributed by atoms with E-state index >= 15 is 0 Å². The predicted octanol–water partition coefficient (Wildman–Crippen LogP) is -1.64. The fourth-order valence-electron chi connectivity index (χ4n) is 9.91. The molecule has 2 unspecified atom stereocenters. The van der Waals surface area contributed by atoms with Crippen molar-refractivity contribution < 1.29 is 59.1 Å². The average molecular weight is 788 g/mol. The zero-order chi connectivity index (χ0) is 39.6. The summed E-state index contributed by atoms with van der Waals surface area (Å²) in [6.45, 7) is 1.63. The molecule has 1 saturated heterocycles. The second kappa shape index (κ2) is 14.8. The van der Waals surface area contributed by atoms with Gasteiger partial charge in [0.05, 0.1) is 12.0 Å². The van der Waals surface area contributed by atoms with Crippen molar-refractivity contribution >= 4 is 35.0 Å². The summed E-state index contributed by atoms with van der Waals surface area (Å²) in [6.07, 6.45) is 8.31. The number of aliphatic hydroxyl groups excluding tert-OH is 4. The van der Waals surface area contributed by atoms with Crippen LogP contribution < -0.4 is 25.3 Å². The number of allylic oxidation sites excluding steroid dienone is 2. The summed E-state index contributed by atoms with van der Waals surface area (Å²) in [5.74, 6) is 1.32. The number of aliphatic hydroxyl groups is 5. The summed E-state index contributed by atoms with van der Waals surface area (Å²) in [5.41, 5.74) is 1.76. The molecule has 1 aromatic carbocycles. The number of carbonyl (C=O) groups is 1. The molecule has 1 saturated carbocycles. The van der Waals surface area contributed by atoms with Crippen LogP contribution in [0.4, 0.5) is 5.69 Å². The van der Waals surface area contributed by atoms with E-state index in [2.05, 4.69) is 15.3 Å². The fraction of sp³-hybridized carbons (Fsp3) is 0.512. The van der Waals surface area contributed by atoms with E-state index < -0.39 is 48.8 Å². The Morgan fingerprint density at radius 1 is 1.11 bits per heavy atom. The number of amides is 1. The molecule has 9 rings (SSSR count). The van der Waals surface area contributed by atoms with Gasteiger partial charge >= 0.3 is 0 Å². The Labute approximate surface area is 327 Å². The van der Waals surface area contributed by atoms with Gasteiger partial charge < -0.3 is 40.0 Å². The number of rotatable bonds is 12. The molecule has 2 fully saturated rings. The lowest BCUT2D eigenvalue weighted by molar-refractivity contribution is -0.856. The standard InChI is InChI=1S/C41H47N5O11/c1-22-11-31(48)27-12-25-13-34(57-54-20-33(50)41(53,39(52)32(49)19-47)21-45-10-6-28-30(45)5-9-42-28)40(7-2-3-23(15-40)26-14-35(51)44-16-26)56-37(25)36(38(27)55-22)46-17-24-4-8-43-29(24)18-46/h4-6,8-9,11-12,18,23,26,32-34,39,47,49-50,52-53H,2-3,7,10,13-17,19-21H2,1H3,(H,44,51)/p+2/t23-,26+,32-,33+,34-,39-,40-,41-/m1/s1. The van der Waals surface area contributed by atoms with Crippen LogP contribution in [0.5, 0.6) is 5.75 Å². The molecule has 302 valence electrons. The van der Waals surface area contributed by atoms with Crippen molar-refractivity contribution in [1.82, 2.24) is 5.32 Å². The number of fused-ring (bicyclic) bond motifs is 4. The van der Waals surface area contributed by atoms with Crippen molar-refractivity contribution in [2.45, 2.75) is 81.1 Å². The van der Waals surface area contributed by atoms with Crippen LogP contribution in [0.15, 0.2) is 78.4 Å². The fourth-order valence-corrected chi connectivity index (χ4v) is 9.91. The molecule has 57 heavy (non-hydrogen) atoms. The van der Waals surface area contributed by atoms with E-state index in [0.717, 1.165) is 40.4 Å². The third-order valence-corrected chi connectivity index (χ3v) is 13.0. The largest absolute Gasteiger partial charge is 0.478 e. The monoisotopic (exact) mass is 787 g/mol. The zero-order valence-corrected chi connectivity index (χ0v) is 31.6. The number of quaternary nitrogens is 2. The molecule has 8 N–H and O–H groups in total. The average Bonchev–Trinajstić information content (AvgIpc) is 4.04. The molecule has 1 spiro atoms. The number of nitrogens with one attached hydrogen (secondary N) is 3. The van der Waals surface area contributed by atoms with Crippen LogP contribution in [0.3, 0.4) is 0 Å². The summed E-state index contributed by atoms with van der Waals surface area (Å²) in [5, 5.41) is 58.1. The molecule has 1 aromatic heterocycles. The third kappa shape index (κ3) is 6.72. The zero-order valence-electron chi connectivity index (χ0n) is 31.6. The van der Waals surface area contributed by atoms with Gasteiger partial charge in [-0.15, -0.1) is 0 Å². The number of ether oxygens (including phenoxy) is 1. The number of aryl methyl sites for hydroxylation is 1. The van der Waals surface area contributed by atoms with Crippen molar-refractivity contribution in [3.63, 3.8) is 0 Å². The first-order valence-corrected chi connectivity index (χ1v) is 19.8. The van der Waals surface area contributed by atoms with E-state index in [9.17, 15) is 35.1 Å². The number of hydrogen-bond donors (Lipinski definition) is 8. The normalized spacial score (nSPS) is 31.2. The minimum atomic E-state index is -2.34. The molecule has 7 heterocycles. The Morgan fingerprint density at radius 3 is 2.72 bits per heavy atom. The smallest absolute Gasteiger partial charge is 0.222 e. The van der Waals surface area contributed by atoms with Crippen LogP contribution in [-0.4, -0.2) is 119 Å². The SMILES string of the molecule is Cc1cc(=O)c2cc3c(c([NH+]4C=C5N=CC=C5C4)c2o1)O[C@@]1(CCC[C@@H]([C@@H]2CNC(=O)C2)C1)[C@H](OOC[C@H](O)[C@](O)(C[NH+]1CC=C2N=CC=C21)[C@H](O)[C@H](O)CO)C3. The van der Waals surface area contributed by atoms with Crippen LogP contribution >= 0.6 is 0 Å². The maximum absolute atomic E-state index is 13.5. The molecule has 0 bridgehead atoms. The summed E-state index contributed by atoms with van der Waals surface area (Å²) < 4.78 is 13.6. The van der Waals surface area contributed by atoms with Gasteiger partial charge in [0.25, 0.3) is 0 Å². The Balaban J connectivity index is 1.04. The molecule has 16 nitrogen and oxygen atoms in total. The molecule has 16 heteroatoms. The molecule has 7 aliphatic rings. The first-order valence-electron chi connectivity index (χ1n) is 19.8. The van der Waals surface area contributed by atoms with Crippen LogP contribution in [0.2, 0.25) is 0 Å². The third-order valence-electron chi connectivity index (χ3n) is 13.0. The van der Waals surface area contributed by atoms with E-state index in [1.165, 1.54) is 6.07 Å². The summed E-state index contributed by atoms with van der Waals surface area (Å²) in [4.78, 5) is 48.4. The molecule has 1 aliphatic carbocycles. The van der Waals surface area contributed by atoms with Gasteiger partial charge in [0.2, 0.25) is 17.2 Å². The highest BCUT2D eigenvalue weighted by Crippen LogP contribution is 2.50. The molecule has 10 atom stereocenters. The van der Waals surface area contributed by atoms with Gasteiger partial charge in [-0.25, -0.2) is 9.78 Å². The maximum atomic E-state index is 13.5. The van der Waals surface area contributed by atoms with Crippen LogP contribution in [0.1, 0.15) is 43.4 Å². The topological polar surface area (TPSA) is 222 Å². The Bertz CT molecular complexity index is 2230. The number of aliphatic imine (C=N–C) groups is 2. The Hall–Kier alpha value is -4.36. The molecule has 6 aliphatic heterocycles. The number of hydrogen-bond acceptors (Lipinski definition) is 13. The van der Waals surface area contributed by atoms with E-state index in [1.807, 2.05) is 18.4 Å². The van der Waals surface area contributed by atoms with Crippen molar-refractivity contribution in [3.8, 4) is 5.75 Å². The maximum Gasteiger partial charge on any atom is 0.222 e. The minimum absolute atomic E-state index is 0.0208. The Kier molecular flexibility index (Phi) is 9.90. The second-order valence-corrected chi connectivity index (χ2v) is 16.5. The lowest BCUT2D eigenvalue weighted by atomic mass is 9.68. The number of benzene rings is 1. The van der Waals surface area contributed by atoms with E-state index in [0.29, 0.717) is 77.5 Å². The van der Waals surface area contributed by atoms with Gasteiger partial charge in [0, 0.05) is 61.2 Å². The van der Waals surface area contributed by atoms with Crippen molar-refractivity contribution in [2.24, 2.45) is 21.8 Å². The molecule has 2 aromatic rings. The van der Waals surface area contributed by atoms with Crippen molar-refractivity contribution in [1.29, 1.82) is 0 Å². The molecule has 0 radical (unpaired) electrons. The van der Waals surface area contributed by atoms with E-state index in [1.54, 1.807) is 31.5 Å². The first-order chi connectivity index (χ1) is 27.5. The number of carbonyl (C=O) groups excluding carboxylic acids is 1. The van der Waals surface area contributed by atoms with Gasteiger partial charge in [-0.2, -0.15) is 0 Å². The summed E-state index contributed by atoms with van der Waals surface area (Å²) >= 11 is 0. The first kappa shape index (κ1) is 38.2. The van der Waals surface area contributed by atoms with E-state index in [4.69, 9.17) is 18.9 Å². The van der Waals surface area contributed by atoms with Gasteiger partial charge in [0.1, 0.15) is 79.6 Å². The van der Waals surface area contributed by atoms with Gasteiger partial charge in [-0.3, -0.25) is 29.4 Å². The van der Waals surface area contributed by atoms with Gasteiger partial charge in [-0.05, 0) is 56.6 Å². The molecular formula is C41H49N5O11+2. The van der Waals surface area contributed by atoms with Crippen molar-refractivity contribution in [2.75, 3.05) is 39.4 Å². The van der Waals surface area contributed by atoms with Crippen LogP contribution in [0.25, 0.3) is 11.0 Å². The van der Waals surface area contributed by atoms with Gasteiger partial charge in [-0.1, -0.05) is 0 Å². The predicted molar refractivity (Wildman–Crippen MR) is 204 cm³/mol. The summed E-state index contributed by atoms with van der Waals surface area (Å²) in [7, 11) is 0. The van der Waals surface area contributed by atoms with Crippen LogP contribution in [0, 0.1) is 18.8 Å². The van der Waals surface area contributed by atoms with Gasteiger partial charge in [0.15, 0.2) is 22.5 Å². The minimum Gasteiger partial charge on any atom is -0.478 e. The highest BCUT2D eigenvalue weighted by molar-refractivity contribution is 5.90.